The summed E-state index contributed by atoms with van der Waals surface area (Å²) >= 11 is 0. The van der Waals surface area contributed by atoms with Crippen molar-refractivity contribution in [3.8, 4) is 0 Å². The minimum atomic E-state index is -0.445. The maximum atomic E-state index is 11.5. The van der Waals surface area contributed by atoms with E-state index in [2.05, 4.69) is 25.6 Å². The first-order valence-corrected chi connectivity index (χ1v) is 5.18. The summed E-state index contributed by atoms with van der Waals surface area (Å²) in [6.07, 6.45) is 0. The molecule has 1 aromatic heterocycles. The van der Waals surface area contributed by atoms with Gasteiger partial charge in [-0.3, -0.25) is 4.79 Å². The van der Waals surface area contributed by atoms with Crippen molar-refractivity contribution in [3.05, 3.63) is 11.4 Å². The van der Waals surface area contributed by atoms with E-state index in [0.717, 1.165) is 11.4 Å². The van der Waals surface area contributed by atoms with Gasteiger partial charge in [0.1, 0.15) is 11.4 Å². The van der Waals surface area contributed by atoms with Gasteiger partial charge >= 0.3 is 0 Å². The van der Waals surface area contributed by atoms with Crippen LogP contribution in [0.4, 0.5) is 0 Å². The zero-order chi connectivity index (χ0) is 12.2. The van der Waals surface area contributed by atoms with E-state index in [4.69, 9.17) is 0 Å². The van der Waals surface area contributed by atoms with Gasteiger partial charge in [-0.15, -0.1) is 0 Å². The Kier molecular flexibility index (Phi) is 4.00. The lowest BCUT2D eigenvalue weighted by Crippen LogP contribution is -2.41. The van der Waals surface area contributed by atoms with Crippen molar-refractivity contribution in [3.63, 3.8) is 0 Å². The molecule has 16 heavy (non-hydrogen) atoms. The predicted octanol–water partition coefficient (Wildman–Crippen LogP) is 0.240. The summed E-state index contributed by atoms with van der Waals surface area (Å²) in [7, 11) is 1.63. The lowest BCUT2D eigenvalue weighted by atomic mass is 9.92. The van der Waals surface area contributed by atoms with Crippen LogP contribution in [-0.2, 0) is 11.3 Å². The van der Waals surface area contributed by atoms with Gasteiger partial charge in [-0.25, -0.2) is 4.63 Å². The Morgan fingerprint density at radius 1 is 1.44 bits per heavy atom. The maximum absolute atomic E-state index is 11.5. The van der Waals surface area contributed by atoms with E-state index in [1.165, 1.54) is 0 Å². The summed E-state index contributed by atoms with van der Waals surface area (Å²) in [5.74, 6) is 0.00926. The van der Waals surface area contributed by atoms with Gasteiger partial charge in [0.2, 0.25) is 5.91 Å². The lowest BCUT2D eigenvalue weighted by molar-refractivity contribution is -0.128. The molecule has 0 aliphatic carbocycles. The van der Waals surface area contributed by atoms with Gasteiger partial charge in [0.15, 0.2) is 0 Å². The highest BCUT2D eigenvalue weighted by Gasteiger charge is 2.26. The average Bonchev–Trinajstić information content (AvgIpc) is 2.63. The van der Waals surface area contributed by atoms with Crippen LogP contribution in [0.1, 0.15) is 25.2 Å². The van der Waals surface area contributed by atoms with Crippen molar-refractivity contribution >= 4 is 5.91 Å². The average molecular weight is 226 g/mol. The van der Waals surface area contributed by atoms with Gasteiger partial charge in [-0.05, 0) is 20.8 Å². The molecule has 0 aliphatic rings. The fourth-order valence-corrected chi connectivity index (χ4v) is 1.32. The molecule has 1 rings (SSSR count). The number of hydrogen-bond acceptors (Lipinski definition) is 5. The van der Waals surface area contributed by atoms with Crippen LogP contribution in [0.2, 0.25) is 0 Å². The highest BCUT2D eigenvalue weighted by molar-refractivity contribution is 5.81. The molecule has 2 N–H and O–H groups in total. The van der Waals surface area contributed by atoms with Crippen molar-refractivity contribution in [2.75, 3.05) is 13.6 Å². The summed E-state index contributed by atoms with van der Waals surface area (Å²) in [6, 6.07) is 0. The van der Waals surface area contributed by atoms with Gasteiger partial charge in [0, 0.05) is 20.1 Å². The third-order valence-corrected chi connectivity index (χ3v) is 2.45. The van der Waals surface area contributed by atoms with E-state index in [0.29, 0.717) is 13.1 Å². The van der Waals surface area contributed by atoms with Crippen molar-refractivity contribution in [1.29, 1.82) is 0 Å². The molecule has 0 bridgehead atoms. The SMILES string of the molecule is CNC(=O)C(C)(C)CNCc1nonc1C. The Balaban J connectivity index is 2.41. The second-order valence-electron chi connectivity index (χ2n) is 4.36. The van der Waals surface area contributed by atoms with Crippen LogP contribution in [0.25, 0.3) is 0 Å². The van der Waals surface area contributed by atoms with Crippen LogP contribution in [0.5, 0.6) is 0 Å². The van der Waals surface area contributed by atoms with Gasteiger partial charge in [-0.1, -0.05) is 10.3 Å². The Labute approximate surface area is 94.7 Å². The molecule has 0 unspecified atom stereocenters. The van der Waals surface area contributed by atoms with Crippen LogP contribution in [0, 0.1) is 12.3 Å². The smallest absolute Gasteiger partial charge is 0.226 e. The second kappa shape index (κ2) is 5.07. The van der Waals surface area contributed by atoms with Crippen molar-refractivity contribution in [2.24, 2.45) is 5.41 Å². The van der Waals surface area contributed by atoms with E-state index in [9.17, 15) is 4.79 Å². The van der Waals surface area contributed by atoms with Gasteiger partial charge in [0.05, 0.1) is 5.41 Å². The largest absolute Gasteiger partial charge is 0.359 e. The molecular formula is C10H18N4O2. The van der Waals surface area contributed by atoms with E-state index >= 15 is 0 Å². The first-order valence-electron chi connectivity index (χ1n) is 5.18. The standard InChI is InChI=1S/C10H18N4O2/c1-7-8(14-16-13-7)5-12-6-10(2,3)9(15)11-4/h12H,5-6H2,1-4H3,(H,11,15). The third-order valence-electron chi connectivity index (χ3n) is 2.45. The monoisotopic (exact) mass is 226 g/mol. The predicted molar refractivity (Wildman–Crippen MR) is 58.6 cm³/mol. The first-order chi connectivity index (χ1) is 7.47. The molecule has 0 saturated heterocycles. The highest BCUT2D eigenvalue weighted by atomic mass is 16.6. The van der Waals surface area contributed by atoms with Crippen LogP contribution >= 0.6 is 0 Å². The van der Waals surface area contributed by atoms with Crippen LogP contribution in [-0.4, -0.2) is 29.8 Å². The number of hydrogen-bond donors (Lipinski definition) is 2. The summed E-state index contributed by atoms with van der Waals surface area (Å²) in [6.45, 7) is 6.71. The number of aromatic nitrogens is 2. The fourth-order valence-electron chi connectivity index (χ4n) is 1.32. The zero-order valence-corrected chi connectivity index (χ0v) is 10.1. The number of carbonyl (C=O) groups excluding carboxylic acids is 1. The quantitative estimate of drug-likeness (QED) is 0.751. The van der Waals surface area contributed by atoms with Crippen LogP contribution < -0.4 is 10.6 Å². The summed E-state index contributed by atoms with van der Waals surface area (Å²) < 4.78 is 4.58. The number of aryl methyl sites for hydroxylation is 1. The van der Waals surface area contributed by atoms with Crippen LogP contribution in [0.3, 0.4) is 0 Å². The Bertz CT molecular complexity index is 359. The Morgan fingerprint density at radius 2 is 2.12 bits per heavy atom. The maximum Gasteiger partial charge on any atom is 0.226 e. The van der Waals surface area contributed by atoms with Gasteiger partial charge in [0.25, 0.3) is 0 Å². The zero-order valence-electron chi connectivity index (χ0n) is 10.1. The normalized spacial score (nSPS) is 11.5. The molecule has 0 saturated carbocycles. The molecular weight excluding hydrogens is 208 g/mol. The Morgan fingerprint density at radius 3 is 2.62 bits per heavy atom. The molecule has 0 aromatic carbocycles. The molecule has 1 aromatic rings. The molecule has 6 heteroatoms. The lowest BCUT2D eigenvalue weighted by Gasteiger charge is -2.22. The molecule has 0 atom stereocenters. The number of carbonyl (C=O) groups is 1. The summed E-state index contributed by atoms with van der Waals surface area (Å²) in [5, 5.41) is 13.2. The molecule has 1 heterocycles. The molecule has 0 spiro atoms. The molecule has 6 nitrogen and oxygen atoms in total. The second-order valence-corrected chi connectivity index (χ2v) is 4.36. The van der Waals surface area contributed by atoms with Gasteiger partial charge in [-0.2, -0.15) is 0 Å². The molecule has 0 fully saturated rings. The van der Waals surface area contributed by atoms with Gasteiger partial charge < -0.3 is 10.6 Å². The van der Waals surface area contributed by atoms with E-state index in [1.54, 1.807) is 7.05 Å². The number of nitrogens with one attached hydrogen (secondary N) is 2. The minimum absolute atomic E-state index is 0.00926. The molecule has 90 valence electrons. The van der Waals surface area contributed by atoms with E-state index < -0.39 is 5.41 Å². The minimum Gasteiger partial charge on any atom is -0.359 e. The third kappa shape index (κ3) is 3.03. The number of amides is 1. The number of nitrogens with zero attached hydrogens (tertiary/aromatic N) is 2. The first kappa shape index (κ1) is 12.6. The van der Waals surface area contributed by atoms with E-state index in [-0.39, 0.29) is 5.91 Å². The number of rotatable bonds is 5. The summed E-state index contributed by atoms with van der Waals surface area (Å²) in [4.78, 5) is 11.5. The highest BCUT2D eigenvalue weighted by Crippen LogP contribution is 2.13. The molecule has 0 radical (unpaired) electrons. The fraction of sp³-hybridized carbons (Fsp3) is 0.700. The van der Waals surface area contributed by atoms with E-state index in [1.807, 2.05) is 20.8 Å². The molecule has 0 aliphatic heterocycles. The summed E-state index contributed by atoms with van der Waals surface area (Å²) in [5.41, 5.74) is 1.10. The Hall–Kier alpha value is -1.43. The van der Waals surface area contributed by atoms with Crippen LogP contribution in [0.15, 0.2) is 4.63 Å². The van der Waals surface area contributed by atoms with Crippen molar-refractivity contribution in [1.82, 2.24) is 20.9 Å². The van der Waals surface area contributed by atoms with Crippen molar-refractivity contribution in [2.45, 2.75) is 27.3 Å². The van der Waals surface area contributed by atoms with Crippen molar-refractivity contribution < 1.29 is 9.42 Å². The molecule has 1 amide bonds. The topological polar surface area (TPSA) is 80.0 Å².